The molecule has 5 nitrogen and oxygen atoms in total. The quantitative estimate of drug-likeness (QED) is 0.693. The summed E-state index contributed by atoms with van der Waals surface area (Å²) in [5.41, 5.74) is 2.07. The lowest BCUT2D eigenvalue weighted by Crippen LogP contribution is -2.24. The highest BCUT2D eigenvalue weighted by atomic mass is 32.1. The van der Waals surface area contributed by atoms with Crippen molar-refractivity contribution in [1.29, 1.82) is 0 Å². The van der Waals surface area contributed by atoms with Crippen molar-refractivity contribution in [3.8, 4) is 0 Å². The molecule has 0 unspecified atom stereocenters. The van der Waals surface area contributed by atoms with Gasteiger partial charge in [0.1, 0.15) is 11.6 Å². The molecule has 0 saturated carbocycles. The normalized spacial score (nSPS) is 13.7. The molecule has 1 fully saturated rings. The number of pyridine rings is 1. The first-order chi connectivity index (χ1) is 13.6. The zero-order valence-corrected chi connectivity index (χ0v) is 16.4. The van der Waals surface area contributed by atoms with E-state index >= 15 is 0 Å². The van der Waals surface area contributed by atoms with Crippen LogP contribution in [0.5, 0.6) is 0 Å². The number of halogens is 1. The molecule has 0 spiro atoms. The molecule has 1 saturated heterocycles. The molecule has 3 heterocycles. The summed E-state index contributed by atoms with van der Waals surface area (Å²) in [5.74, 6) is 0.309. The molecular formula is C21H21FN4OS. The summed E-state index contributed by atoms with van der Waals surface area (Å²) in [6.45, 7) is 3.59. The fraction of sp³-hybridized carbons (Fsp3) is 0.286. The van der Waals surface area contributed by atoms with Crippen molar-refractivity contribution in [2.45, 2.75) is 26.2 Å². The number of amides is 1. The Labute approximate surface area is 167 Å². The van der Waals surface area contributed by atoms with Crippen molar-refractivity contribution in [3.63, 3.8) is 0 Å². The number of anilines is 2. The number of carbonyl (C=O) groups excluding carboxylic acids is 1. The fourth-order valence-electron chi connectivity index (χ4n) is 3.31. The molecule has 0 atom stereocenters. The third-order valence-electron chi connectivity index (χ3n) is 4.83. The number of carbonyl (C=O) groups is 1. The molecule has 1 aromatic carbocycles. The van der Waals surface area contributed by atoms with Crippen LogP contribution in [0, 0.1) is 12.7 Å². The average molecular weight is 396 g/mol. The second-order valence-electron chi connectivity index (χ2n) is 6.91. The third-order valence-corrected chi connectivity index (χ3v) is 5.74. The predicted molar refractivity (Wildman–Crippen MR) is 110 cm³/mol. The van der Waals surface area contributed by atoms with Gasteiger partial charge in [-0.25, -0.2) is 14.4 Å². The fourth-order valence-corrected chi connectivity index (χ4v) is 4.16. The molecule has 0 bridgehead atoms. The Morgan fingerprint density at radius 3 is 2.86 bits per heavy atom. The van der Waals surface area contributed by atoms with Crippen molar-refractivity contribution < 1.29 is 9.18 Å². The molecule has 28 heavy (non-hydrogen) atoms. The number of nitrogens with one attached hydrogen (secondary N) is 1. The van der Waals surface area contributed by atoms with Gasteiger partial charge in [0.25, 0.3) is 5.91 Å². The van der Waals surface area contributed by atoms with Crippen molar-refractivity contribution in [2.75, 3.05) is 23.3 Å². The predicted octanol–water partition coefficient (Wildman–Crippen LogP) is 4.43. The monoisotopic (exact) mass is 396 g/mol. The smallest absolute Gasteiger partial charge is 0.261 e. The van der Waals surface area contributed by atoms with Crippen molar-refractivity contribution >= 4 is 28.2 Å². The van der Waals surface area contributed by atoms with Gasteiger partial charge < -0.3 is 4.90 Å². The number of aromatic nitrogens is 2. The Morgan fingerprint density at radius 2 is 2.07 bits per heavy atom. The van der Waals surface area contributed by atoms with E-state index in [1.54, 1.807) is 43.6 Å². The largest absolute Gasteiger partial charge is 0.356 e. The summed E-state index contributed by atoms with van der Waals surface area (Å²) in [6.07, 6.45) is 6.26. The maximum absolute atomic E-state index is 13.7. The second-order valence-corrected chi connectivity index (χ2v) is 8.03. The summed E-state index contributed by atoms with van der Waals surface area (Å²) >= 11 is 1.40. The van der Waals surface area contributed by atoms with Crippen LogP contribution in [-0.4, -0.2) is 29.0 Å². The molecule has 4 rings (SSSR count). The average Bonchev–Trinajstić information content (AvgIpc) is 3.37. The Kier molecular flexibility index (Phi) is 5.34. The van der Waals surface area contributed by atoms with Gasteiger partial charge in [0, 0.05) is 36.8 Å². The van der Waals surface area contributed by atoms with Crippen LogP contribution in [0.1, 0.15) is 39.2 Å². The first kappa shape index (κ1) is 18.6. The topological polar surface area (TPSA) is 58.1 Å². The lowest BCUT2D eigenvalue weighted by molar-refractivity contribution is 0.102. The summed E-state index contributed by atoms with van der Waals surface area (Å²) in [4.78, 5) is 24.6. The van der Waals surface area contributed by atoms with Crippen LogP contribution in [-0.2, 0) is 6.42 Å². The minimum absolute atomic E-state index is 0.207. The lowest BCUT2D eigenvalue weighted by atomic mass is 10.1. The molecule has 1 aliphatic heterocycles. The Morgan fingerprint density at radius 1 is 1.25 bits per heavy atom. The molecule has 1 aliphatic rings. The Balaban J connectivity index is 1.47. The second kappa shape index (κ2) is 8.06. The van der Waals surface area contributed by atoms with E-state index in [2.05, 4.69) is 20.2 Å². The van der Waals surface area contributed by atoms with Crippen LogP contribution in [0.4, 0.5) is 15.3 Å². The summed E-state index contributed by atoms with van der Waals surface area (Å²) in [6, 6.07) is 8.80. The first-order valence-corrected chi connectivity index (χ1v) is 10.1. The zero-order chi connectivity index (χ0) is 19.5. The highest BCUT2D eigenvalue weighted by Crippen LogP contribution is 2.25. The molecule has 1 N–H and O–H groups in total. The number of hydrogen-bond donors (Lipinski definition) is 1. The standard InChI is InChI=1S/C21H21FN4OS/c1-14-6-7-15(12-18(14)22)11-16-13-24-21(28-16)25-20(27)17-5-4-8-23-19(17)26-9-2-3-10-26/h4-8,12-13H,2-3,9-11H2,1H3,(H,24,25,27). The van der Waals surface area contributed by atoms with E-state index in [1.807, 2.05) is 6.07 Å². The number of thiazole rings is 1. The van der Waals surface area contributed by atoms with E-state index < -0.39 is 0 Å². The van der Waals surface area contributed by atoms with Crippen molar-refractivity contribution in [3.05, 3.63) is 70.1 Å². The zero-order valence-electron chi connectivity index (χ0n) is 15.6. The Hall–Kier alpha value is -2.80. The molecule has 1 amide bonds. The maximum Gasteiger partial charge on any atom is 0.261 e. The molecule has 2 aromatic heterocycles. The number of rotatable bonds is 5. The van der Waals surface area contributed by atoms with Crippen LogP contribution in [0.25, 0.3) is 0 Å². The SMILES string of the molecule is Cc1ccc(Cc2cnc(NC(=O)c3cccnc3N3CCCC3)s2)cc1F. The van der Waals surface area contributed by atoms with Crippen LogP contribution in [0.2, 0.25) is 0 Å². The molecule has 0 aliphatic carbocycles. The summed E-state index contributed by atoms with van der Waals surface area (Å²) < 4.78 is 13.7. The summed E-state index contributed by atoms with van der Waals surface area (Å²) in [7, 11) is 0. The van der Waals surface area contributed by atoms with Crippen molar-refractivity contribution in [2.24, 2.45) is 0 Å². The van der Waals surface area contributed by atoms with Gasteiger partial charge in [-0.05, 0) is 49.1 Å². The van der Waals surface area contributed by atoms with Crippen LogP contribution in [0.3, 0.4) is 0 Å². The first-order valence-electron chi connectivity index (χ1n) is 9.31. The van der Waals surface area contributed by atoms with Gasteiger partial charge in [-0.1, -0.05) is 12.1 Å². The van der Waals surface area contributed by atoms with Gasteiger partial charge in [-0.15, -0.1) is 11.3 Å². The van der Waals surface area contributed by atoms with Gasteiger partial charge in [0.2, 0.25) is 0 Å². The number of benzene rings is 1. The van der Waals surface area contributed by atoms with Gasteiger partial charge in [-0.3, -0.25) is 10.1 Å². The molecule has 7 heteroatoms. The number of hydrogen-bond acceptors (Lipinski definition) is 5. The van der Waals surface area contributed by atoms with Crippen LogP contribution < -0.4 is 10.2 Å². The highest BCUT2D eigenvalue weighted by molar-refractivity contribution is 7.15. The maximum atomic E-state index is 13.7. The van der Waals surface area contributed by atoms with Gasteiger partial charge >= 0.3 is 0 Å². The van der Waals surface area contributed by atoms with E-state index in [4.69, 9.17) is 0 Å². The number of aryl methyl sites for hydroxylation is 1. The van der Waals surface area contributed by atoms with Crippen molar-refractivity contribution in [1.82, 2.24) is 9.97 Å². The van der Waals surface area contributed by atoms with Gasteiger partial charge in [0.15, 0.2) is 5.13 Å². The molecule has 144 valence electrons. The minimum atomic E-state index is -0.211. The van der Waals surface area contributed by atoms with E-state index in [0.717, 1.165) is 42.2 Å². The van der Waals surface area contributed by atoms with E-state index in [1.165, 1.54) is 11.3 Å². The van der Waals surface area contributed by atoms with Crippen LogP contribution in [0.15, 0.2) is 42.7 Å². The van der Waals surface area contributed by atoms with Gasteiger partial charge in [-0.2, -0.15) is 0 Å². The van der Waals surface area contributed by atoms with E-state index in [0.29, 0.717) is 22.7 Å². The molecular weight excluding hydrogens is 375 g/mol. The summed E-state index contributed by atoms with van der Waals surface area (Å²) in [5, 5.41) is 3.41. The Bertz CT molecular complexity index is 998. The third kappa shape index (κ3) is 4.04. The van der Waals surface area contributed by atoms with Crippen LogP contribution >= 0.6 is 11.3 Å². The number of nitrogens with zero attached hydrogens (tertiary/aromatic N) is 3. The van der Waals surface area contributed by atoms with E-state index in [-0.39, 0.29) is 11.7 Å². The highest BCUT2D eigenvalue weighted by Gasteiger charge is 2.21. The van der Waals surface area contributed by atoms with E-state index in [9.17, 15) is 9.18 Å². The lowest BCUT2D eigenvalue weighted by Gasteiger charge is -2.19. The molecule has 0 radical (unpaired) electrons. The van der Waals surface area contributed by atoms with Gasteiger partial charge in [0.05, 0.1) is 5.56 Å². The molecule has 3 aromatic rings. The minimum Gasteiger partial charge on any atom is -0.356 e.